The monoisotopic (exact) mass is 409 g/mol. The van der Waals surface area contributed by atoms with Crippen molar-refractivity contribution in [3.8, 4) is 0 Å². The van der Waals surface area contributed by atoms with Crippen molar-refractivity contribution in [2.45, 2.75) is 19.5 Å². The number of benzene rings is 1. The Morgan fingerprint density at radius 3 is 2.52 bits per heavy atom. The number of likely N-dealkylation sites (N-methyl/N-ethyl adjacent to an activating group) is 1. The Labute approximate surface area is 166 Å². The van der Waals surface area contributed by atoms with E-state index in [0.29, 0.717) is 25.2 Å². The van der Waals surface area contributed by atoms with Gasteiger partial charge in [-0.1, -0.05) is 0 Å². The first kappa shape index (κ1) is 20.9. The van der Waals surface area contributed by atoms with Crippen molar-refractivity contribution in [1.29, 1.82) is 0 Å². The molecule has 0 saturated carbocycles. The van der Waals surface area contributed by atoms with Crippen molar-refractivity contribution in [2.24, 2.45) is 0 Å². The molecule has 2 aromatic rings. The number of nitrogens with zero attached hydrogens (tertiary/aromatic N) is 2. The third-order valence-electron chi connectivity index (χ3n) is 4.84. The van der Waals surface area contributed by atoms with Gasteiger partial charge in [-0.3, -0.25) is 9.59 Å². The molecule has 1 saturated heterocycles. The van der Waals surface area contributed by atoms with Gasteiger partial charge in [-0.15, -0.1) is 0 Å². The van der Waals surface area contributed by atoms with Crippen molar-refractivity contribution >= 4 is 17.5 Å². The topological polar surface area (TPSA) is 65.8 Å². The van der Waals surface area contributed by atoms with Crippen LogP contribution in [0.5, 0.6) is 0 Å². The molecule has 2 amide bonds. The van der Waals surface area contributed by atoms with Crippen molar-refractivity contribution in [3.63, 3.8) is 0 Å². The van der Waals surface area contributed by atoms with E-state index >= 15 is 0 Å². The van der Waals surface area contributed by atoms with Gasteiger partial charge in [0.25, 0.3) is 11.8 Å². The molecule has 29 heavy (non-hydrogen) atoms. The minimum Gasteiger partial charge on any atom is -0.459 e. The molecule has 1 aliphatic heterocycles. The summed E-state index contributed by atoms with van der Waals surface area (Å²) in [6, 6.07) is 4.47. The van der Waals surface area contributed by atoms with Crippen LogP contribution in [-0.2, 0) is 6.18 Å². The third kappa shape index (κ3) is 4.97. The molecule has 9 heteroatoms. The number of carbonyl (C=O) groups is 2. The number of hydrogen-bond donors (Lipinski definition) is 1. The zero-order valence-corrected chi connectivity index (χ0v) is 16.2. The van der Waals surface area contributed by atoms with E-state index in [1.54, 1.807) is 17.9 Å². The number of nitrogens with one attached hydrogen (secondary N) is 1. The SMILES string of the molecule is Cc1ccoc1C(=O)Nc1cc(C(=O)N2CCCN(C)CC2)cc(C(F)(F)F)c1. The first-order valence-corrected chi connectivity index (χ1v) is 9.20. The van der Waals surface area contributed by atoms with E-state index in [0.717, 1.165) is 25.1 Å². The molecule has 1 aromatic heterocycles. The van der Waals surface area contributed by atoms with Gasteiger partial charge in [0.2, 0.25) is 0 Å². The molecule has 6 nitrogen and oxygen atoms in total. The molecule has 3 rings (SSSR count). The normalized spacial score (nSPS) is 15.8. The largest absolute Gasteiger partial charge is 0.459 e. The van der Waals surface area contributed by atoms with Gasteiger partial charge >= 0.3 is 6.18 Å². The summed E-state index contributed by atoms with van der Waals surface area (Å²) in [6.45, 7) is 4.00. The van der Waals surface area contributed by atoms with Crippen LogP contribution in [0.15, 0.2) is 34.9 Å². The Bertz CT molecular complexity index is 908. The number of hydrogen-bond acceptors (Lipinski definition) is 4. The lowest BCUT2D eigenvalue weighted by molar-refractivity contribution is -0.137. The Hall–Kier alpha value is -2.81. The smallest absolute Gasteiger partial charge is 0.416 e. The fourth-order valence-electron chi connectivity index (χ4n) is 3.21. The molecule has 1 fully saturated rings. The Morgan fingerprint density at radius 1 is 1.10 bits per heavy atom. The van der Waals surface area contributed by atoms with Crippen LogP contribution in [-0.4, -0.2) is 54.8 Å². The van der Waals surface area contributed by atoms with Crippen molar-refractivity contribution in [2.75, 3.05) is 38.5 Å². The van der Waals surface area contributed by atoms with Gasteiger partial charge in [0, 0.05) is 36.4 Å². The van der Waals surface area contributed by atoms with Crippen LogP contribution >= 0.6 is 0 Å². The minimum atomic E-state index is -4.66. The highest BCUT2D eigenvalue weighted by Crippen LogP contribution is 2.32. The summed E-state index contributed by atoms with van der Waals surface area (Å²) in [5.41, 5.74) is -0.673. The van der Waals surface area contributed by atoms with E-state index in [1.165, 1.54) is 12.3 Å². The molecule has 0 spiro atoms. The molecule has 0 unspecified atom stereocenters. The van der Waals surface area contributed by atoms with Gasteiger partial charge in [-0.25, -0.2) is 0 Å². The average Bonchev–Trinajstić information content (AvgIpc) is 2.97. The second kappa shape index (κ2) is 8.28. The van der Waals surface area contributed by atoms with Gasteiger partial charge in [0.15, 0.2) is 5.76 Å². The van der Waals surface area contributed by atoms with Crippen LogP contribution in [0, 0.1) is 6.92 Å². The number of alkyl halides is 3. The van der Waals surface area contributed by atoms with Crippen LogP contribution in [0.2, 0.25) is 0 Å². The van der Waals surface area contributed by atoms with Gasteiger partial charge in [-0.05, 0) is 51.2 Å². The Balaban J connectivity index is 1.90. The Kier molecular flexibility index (Phi) is 5.97. The lowest BCUT2D eigenvalue weighted by Crippen LogP contribution is -2.34. The predicted octanol–water partition coefficient (Wildman–Crippen LogP) is 3.64. The summed E-state index contributed by atoms with van der Waals surface area (Å²) in [6.07, 6.45) is -2.60. The highest BCUT2D eigenvalue weighted by molar-refractivity contribution is 6.04. The first-order chi connectivity index (χ1) is 13.6. The van der Waals surface area contributed by atoms with E-state index in [2.05, 4.69) is 10.2 Å². The van der Waals surface area contributed by atoms with E-state index in [1.807, 2.05) is 7.05 Å². The fourth-order valence-corrected chi connectivity index (χ4v) is 3.21. The van der Waals surface area contributed by atoms with Gasteiger partial charge in [0.05, 0.1) is 11.8 Å². The summed E-state index contributed by atoms with van der Waals surface area (Å²) < 4.78 is 45.2. The number of carbonyl (C=O) groups excluding carboxylic acids is 2. The van der Waals surface area contributed by atoms with Crippen LogP contribution in [0.25, 0.3) is 0 Å². The van der Waals surface area contributed by atoms with Crippen molar-refractivity contribution < 1.29 is 27.2 Å². The standard InChI is InChI=1S/C20H22F3N3O3/c1-13-4-9-29-17(13)18(27)24-16-11-14(10-15(12-16)20(21,22)23)19(28)26-6-3-5-25(2)7-8-26/h4,9-12H,3,5-8H2,1-2H3,(H,24,27). The molecule has 2 heterocycles. The second-order valence-corrected chi connectivity index (χ2v) is 7.13. The zero-order chi connectivity index (χ0) is 21.2. The molecule has 1 aromatic carbocycles. The first-order valence-electron chi connectivity index (χ1n) is 9.20. The highest BCUT2D eigenvalue weighted by atomic mass is 19.4. The maximum Gasteiger partial charge on any atom is 0.416 e. The van der Waals surface area contributed by atoms with Crippen LogP contribution in [0.3, 0.4) is 0 Å². The van der Waals surface area contributed by atoms with Crippen LogP contribution in [0.4, 0.5) is 18.9 Å². The molecule has 1 N–H and O–H groups in total. The predicted molar refractivity (Wildman–Crippen MR) is 101 cm³/mol. The van der Waals surface area contributed by atoms with Gasteiger partial charge in [0.1, 0.15) is 0 Å². The van der Waals surface area contributed by atoms with Crippen LogP contribution < -0.4 is 5.32 Å². The molecule has 0 radical (unpaired) electrons. The summed E-state index contributed by atoms with van der Waals surface area (Å²) in [5, 5.41) is 2.40. The van der Waals surface area contributed by atoms with Gasteiger partial charge < -0.3 is 19.5 Å². The molecule has 1 aliphatic rings. The number of rotatable bonds is 3. The van der Waals surface area contributed by atoms with Crippen molar-refractivity contribution in [3.05, 3.63) is 53.0 Å². The fraction of sp³-hybridized carbons (Fsp3) is 0.400. The minimum absolute atomic E-state index is 0.00541. The van der Waals surface area contributed by atoms with Gasteiger partial charge in [-0.2, -0.15) is 13.2 Å². The number of anilines is 1. The number of aryl methyl sites for hydroxylation is 1. The third-order valence-corrected chi connectivity index (χ3v) is 4.84. The van der Waals surface area contributed by atoms with E-state index in [4.69, 9.17) is 4.42 Å². The quantitative estimate of drug-likeness (QED) is 0.841. The lowest BCUT2D eigenvalue weighted by atomic mass is 10.1. The molecular formula is C20H22F3N3O3. The molecular weight excluding hydrogens is 387 g/mol. The lowest BCUT2D eigenvalue weighted by Gasteiger charge is -2.22. The highest BCUT2D eigenvalue weighted by Gasteiger charge is 2.33. The Morgan fingerprint density at radius 2 is 1.86 bits per heavy atom. The number of halogens is 3. The number of furan rings is 1. The number of amides is 2. The zero-order valence-electron chi connectivity index (χ0n) is 16.2. The summed E-state index contributed by atoms with van der Waals surface area (Å²) >= 11 is 0. The molecule has 156 valence electrons. The van der Waals surface area contributed by atoms with E-state index < -0.39 is 23.6 Å². The van der Waals surface area contributed by atoms with Crippen LogP contribution in [0.1, 0.15) is 38.5 Å². The summed E-state index contributed by atoms with van der Waals surface area (Å²) in [5.74, 6) is -1.16. The van der Waals surface area contributed by atoms with Crippen molar-refractivity contribution in [1.82, 2.24) is 9.80 Å². The van der Waals surface area contributed by atoms with E-state index in [9.17, 15) is 22.8 Å². The molecule has 0 atom stereocenters. The second-order valence-electron chi connectivity index (χ2n) is 7.13. The van der Waals surface area contributed by atoms with E-state index in [-0.39, 0.29) is 17.0 Å². The summed E-state index contributed by atoms with van der Waals surface area (Å²) in [7, 11) is 1.93. The summed E-state index contributed by atoms with van der Waals surface area (Å²) in [4.78, 5) is 28.8. The maximum atomic E-state index is 13.4. The molecule has 0 aliphatic carbocycles. The maximum absolute atomic E-state index is 13.4. The molecule has 0 bridgehead atoms. The average molecular weight is 409 g/mol.